The Morgan fingerprint density at radius 1 is 1.05 bits per heavy atom. The van der Waals surface area contributed by atoms with Crippen molar-refractivity contribution in [3.8, 4) is 5.69 Å². The quantitative estimate of drug-likeness (QED) is 0.657. The largest absolute Gasteiger partial charge is 0.451 e. The van der Waals surface area contributed by atoms with Crippen molar-refractivity contribution >= 4 is 37.5 Å². The van der Waals surface area contributed by atoms with Crippen molar-refractivity contribution in [3.05, 3.63) is 69.8 Å². The Balaban J connectivity index is 1.73. The van der Waals surface area contributed by atoms with Crippen molar-refractivity contribution in [2.45, 2.75) is 6.54 Å². The van der Waals surface area contributed by atoms with Crippen molar-refractivity contribution in [2.24, 2.45) is 0 Å². The molecule has 0 bridgehead atoms. The van der Waals surface area contributed by atoms with Crippen LogP contribution < -0.4 is 5.32 Å². The summed E-state index contributed by atoms with van der Waals surface area (Å²) in [6.07, 6.45) is 4.06. The lowest BCUT2D eigenvalue weighted by atomic mass is 10.2. The lowest BCUT2D eigenvalue weighted by Gasteiger charge is -2.08. The second kappa shape index (κ2) is 5.89. The minimum absolute atomic E-state index is 0.638. The summed E-state index contributed by atoms with van der Waals surface area (Å²) in [5.41, 5.74) is 2.18. The topological polar surface area (TPSA) is 30.1 Å². The minimum atomic E-state index is 0.638. The Morgan fingerprint density at radius 3 is 2.55 bits per heavy atom. The van der Waals surface area contributed by atoms with Gasteiger partial charge in [0, 0.05) is 23.8 Å². The fourth-order valence-electron chi connectivity index (χ4n) is 1.95. The number of nitrogens with zero attached hydrogens (tertiary/aromatic N) is 1. The molecule has 3 rings (SSSR count). The van der Waals surface area contributed by atoms with Crippen LogP contribution in [0.15, 0.2) is 68.4 Å². The normalized spacial score (nSPS) is 10.7. The maximum atomic E-state index is 5.54. The molecule has 0 amide bonds. The summed E-state index contributed by atoms with van der Waals surface area (Å²) in [5.74, 6) is 0.870. The fraction of sp³-hybridized carbons (Fsp3) is 0.0667. The van der Waals surface area contributed by atoms with Gasteiger partial charge in [-0.25, -0.2) is 0 Å². The van der Waals surface area contributed by atoms with Gasteiger partial charge in [0.05, 0.1) is 11.0 Å². The highest BCUT2D eigenvalue weighted by Crippen LogP contribution is 2.27. The van der Waals surface area contributed by atoms with E-state index in [0.717, 1.165) is 26.3 Å². The predicted octanol–water partition coefficient (Wildman–Crippen LogP) is 5.21. The summed E-state index contributed by atoms with van der Waals surface area (Å²) in [5, 5.41) is 3.36. The highest BCUT2D eigenvalue weighted by molar-refractivity contribution is 9.13. The smallest absolute Gasteiger partial charge is 0.183 e. The van der Waals surface area contributed by atoms with E-state index >= 15 is 0 Å². The molecule has 20 heavy (non-hydrogen) atoms. The molecule has 102 valence electrons. The number of benzene rings is 1. The molecule has 0 saturated carbocycles. The first-order valence-corrected chi connectivity index (χ1v) is 7.72. The van der Waals surface area contributed by atoms with Gasteiger partial charge in [0.15, 0.2) is 4.67 Å². The molecule has 0 atom stereocenters. The Bertz CT molecular complexity index is 685. The van der Waals surface area contributed by atoms with Crippen LogP contribution in [0.25, 0.3) is 5.69 Å². The monoisotopic (exact) mass is 394 g/mol. The number of hydrogen-bond acceptors (Lipinski definition) is 2. The van der Waals surface area contributed by atoms with Crippen LogP contribution >= 0.6 is 31.9 Å². The van der Waals surface area contributed by atoms with Crippen molar-refractivity contribution in [3.63, 3.8) is 0 Å². The number of halogens is 2. The summed E-state index contributed by atoms with van der Waals surface area (Å²) >= 11 is 6.74. The van der Waals surface area contributed by atoms with Gasteiger partial charge in [-0.2, -0.15) is 0 Å². The Morgan fingerprint density at radius 2 is 1.85 bits per heavy atom. The summed E-state index contributed by atoms with van der Waals surface area (Å²) in [6.45, 7) is 0.638. The van der Waals surface area contributed by atoms with Crippen molar-refractivity contribution in [1.82, 2.24) is 4.57 Å². The van der Waals surface area contributed by atoms with Crippen LogP contribution in [-0.4, -0.2) is 4.57 Å². The van der Waals surface area contributed by atoms with E-state index in [1.54, 1.807) is 0 Å². The number of nitrogens with one attached hydrogen (secondary N) is 1. The highest BCUT2D eigenvalue weighted by atomic mass is 79.9. The number of furan rings is 1. The number of anilines is 1. The van der Waals surface area contributed by atoms with E-state index in [2.05, 4.69) is 53.9 Å². The van der Waals surface area contributed by atoms with E-state index in [-0.39, 0.29) is 0 Å². The third kappa shape index (κ3) is 2.99. The second-order valence-electron chi connectivity index (χ2n) is 4.33. The molecule has 0 aliphatic rings. The molecule has 3 nitrogen and oxygen atoms in total. The van der Waals surface area contributed by atoms with Crippen LogP contribution in [-0.2, 0) is 6.54 Å². The summed E-state index contributed by atoms with van der Waals surface area (Å²) in [7, 11) is 0. The van der Waals surface area contributed by atoms with Crippen LogP contribution in [0.2, 0.25) is 0 Å². The Hall–Kier alpha value is -1.46. The number of hydrogen-bond donors (Lipinski definition) is 1. The molecule has 2 aromatic heterocycles. The van der Waals surface area contributed by atoms with E-state index in [1.807, 2.05) is 42.7 Å². The van der Waals surface area contributed by atoms with Gasteiger partial charge in [-0.05, 0) is 68.3 Å². The average molecular weight is 396 g/mol. The van der Waals surface area contributed by atoms with E-state index in [4.69, 9.17) is 4.42 Å². The van der Waals surface area contributed by atoms with Gasteiger partial charge >= 0.3 is 0 Å². The van der Waals surface area contributed by atoms with Crippen molar-refractivity contribution < 1.29 is 4.42 Å². The zero-order valence-corrected chi connectivity index (χ0v) is 13.7. The highest BCUT2D eigenvalue weighted by Gasteiger charge is 2.05. The molecule has 2 heterocycles. The van der Waals surface area contributed by atoms with Gasteiger partial charge in [-0.15, -0.1) is 0 Å². The van der Waals surface area contributed by atoms with E-state index < -0.39 is 0 Å². The molecule has 5 heteroatoms. The minimum Gasteiger partial charge on any atom is -0.451 e. The molecule has 0 aliphatic carbocycles. The zero-order valence-electron chi connectivity index (χ0n) is 10.5. The first-order chi connectivity index (χ1) is 9.72. The summed E-state index contributed by atoms with van der Waals surface area (Å²) in [6, 6.07) is 14.2. The van der Waals surface area contributed by atoms with Crippen LogP contribution in [0.1, 0.15) is 5.76 Å². The van der Waals surface area contributed by atoms with E-state index in [0.29, 0.717) is 6.54 Å². The first kappa shape index (κ1) is 13.5. The molecule has 0 spiro atoms. The van der Waals surface area contributed by atoms with Gasteiger partial charge in [-0.1, -0.05) is 6.07 Å². The molecule has 0 aliphatic heterocycles. The van der Waals surface area contributed by atoms with Crippen molar-refractivity contribution in [2.75, 3.05) is 5.32 Å². The summed E-state index contributed by atoms with van der Waals surface area (Å²) < 4.78 is 9.26. The molecule has 3 aromatic rings. The van der Waals surface area contributed by atoms with Crippen LogP contribution in [0.4, 0.5) is 5.69 Å². The third-order valence-corrected chi connectivity index (χ3v) is 4.62. The van der Waals surface area contributed by atoms with E-state index in [1.165, 1.54) is 0 Å². The zero-order chi connectivity index (χ0) is 13.9. The molecule has 0 saturated heterocycles. The maximum Gasteiger partial charge on any atom is 0.183 e. The van der Waals surface area contributed by atoms with Gasteiger partial charge < -0.3 is 14.3 Å². The Labute approximate surface area is 133 Å². The SMILES string of the molecule is Brc1cc(CNc2cccc(-n3cccc3)c2)oc1Br. The molecule has 1 N–H and O–H groups in total. The number of aromatic nitrogens is 1. The Kier molecular flexibility index (Phi) is 3.98. The molecule has 0 fully saturated rings. The van der Waals surface area contributed by atoms with Gasteiger partial charge in [0.2, 0.25) is 0 Å². The standard InChI is InChI=1S/C15H12Br2N2O/c16-14-9-13(20-15(14)17)10-18-11-4-3-5-12(8-11)19-6-1-2-7-19/h1-9,18H,10H2. The molecule has 1 aromatic carbocycles. The number of rotatable bonds is 4. The van der Waals surface area contributed by atoms with Gasteiger partial charge in [0.1, 0.15) is 5.76 Å². The predicted molar refractivity (Wildman–Crippen MR) is 87.2 cm³/mol. The van der Waals surface area contributed by atoms with E-state index in [9.17, 15) is 0 Å². The fourth-order valence-corrected chi connectivity index (χ4v) is 2.61. The second-order valence-corrected chi connectivity index (χ2v) is 5.90. The molecule has 0 unspecified atom stereocenters. The third-order valence-electron chi connectivity index (χ3n) is 2.91. The molecular weight excluding hydrogens is 384 g/mol. The average Bonchev–Trinajstić information content (AvgIpc) is 3.08. The molecular formula is C15H12Br2N2O. The van der Waals surface area contributed by atoms with Crippen molar-refractivity contribution in [1.29, 1.82) is 0 Å². The first-order valence-electron chi connectivity index (χ1n) is 6.13. The van der Waals surface area contributed by atoms with Crippen LogP contribution in [0.5, 0.6) is 0 Å². The molecule has 0 radical (unpaired) electrons. The summed E-state index contributed by atoms with van der Waals surface area (Å²) in [4.78, 5) is 0. The van der Waals surface area contributed by atoms with Crippen LogP contribution in [0.3, 0.4) is 0 Å². The lowest BCUT2D eigenvalue weighted by molar-refractivity contribution is 0.494. The van der Waals surface area contributed by atoms with Crippen LogP contribution in [0, 0.1) is 0 Å². The van der Waals surface area contributed by atoms with Gasteiger partial charge in [0.25, 0.3) is 0 Å². The lowest BCUT2D eigenvalue weighted by Crippen LogP contribution is -1.99. The maximum absolute atomic E-state index is 5.54. The van der Waals surface area contributed by atoms with Gasteiger partial charge in [-0.3, -0.25) is 0 Å².